The topological polar surface area (TPSA) is 29.5 Å². The third-order valence-corrected chi connectivity index (χ3v) is 4.64. The molecule has 2 unspecified atom stereocenters. The fourth-order valence-electron chi connectivity index (χ4n) is 2.86. The number of likely N-dealkylation sites (tertiary alicyclic amines) is 1. The highest BCUT2D eigenvalue weighted by atomic mass is 16.5. The van der Waals surface area contributed by atoms with Crippen molar-refractivity contribution in [3.8, 4) is 0 Å². The number of rotatable bonds is 3. The van der Waals surface area contributed by atoms with Gasteiger partial charge in [0.25, 0.3) is 0 Å². The number of hydrogen-bond donors (Lipinski definition) is 0. The molecule has 92 valence electrons. The standard InChI is InChI=1S/C13H23NO2/c1-10-11(2)14(8-5-12(10)15)9-13(16-3)6-4-7-13/h10-11H,4-9H2,1-3H3. The molecule has 2 rings (SSSR count). The molecular formula is C13H23NO2. The van der Waals surface area contributed by atoms with Gasteiger partial charge in [-0.2, -0.15) is 0 Å². The van der Waals surface area contributed by atoms with Crippen LogP contribution in [0.15, 0.2) is 0 Å². The average Bonchev–Trinajstić information content (AvgIpc) is 2.23. The zero-order valence-electron chi connectivity index (χ0n) is 10.7. The van der Waals surface area contributed by atoms with Crippen molar-refractivity contribution >= 4 is 5.78 Å². The minimum atomic E-state index is 0.0916. The molecule has 2 aliphatic rings. The van der Waals surface area contributed by atoms with Crippen LogP contribution in [0.4, 0.5) is 0 Å². The Morgan fingerprint density at radius 1 is 1.44 bits per heavy atom. The number of methoxy groups -OCH3 is 1. The van der Waals surface area contributed by atoms with Gasteiger partial charge in [-0.15, -0.1) is 0 Å². The quantitative estimate of drug-likeness (QED) is 0.734. The third-order valence-electron chi connectivity index (χ3n) is 4.64. The number of piperidine rings is 1. The van der Waals surface area contributed by atoms with Crippen molar-refractivity contribution in [2.45, 2.75) is 51.2 Å². The second-order valence-corrected chi connectivity index (χ2v) is 5.46. The van der Waals surface area contributed by atoms with Crippen LogP contribution in [0.2, 0.25) is 0 Å². The van der Waals surface area contributed by atoms with Gasteiger partial charge in [0.05, 0.1) is 5.60 Å². The van der Waals surface area contributed by atoms with E-state index in [2.05, 4.69) is 18.7 Å². The summed E-state index contributed by atoms with van der Waals surface area (Å²) in [6.07, 6.45) is 4.35. The summed E-state index contributed by atoms with van der Waals surface area (Å²) in [5.74, 6) is 0.603. The highest BCUT2D eigenvalue weighted by molar-refractivity contribution is 5.82. The number of nitrogens with zero attached hydrogens (tertiary/aromatic N) is 1. The van der Waals surface area contributed by atoms with Gasteiger partial charge in [-0.25, -0.2) is 0 Å². The highest BCUT2D eigenvalue weighted by Crippen LogP contribution is 2.37. The minimum Gasteiger partial charge on any atom is -0.377 e. The summed E-state index contributed by atoms with van der Waals surface area (Å²) >= 11 is 0. The minimum absolute atomic E-state index is 0.0916. The molecule has 0 spiro atoms. The van der Waals surface area contributed by atoms with E-state index >= 15 is 0 Å². The summed E-state index contributed by atoms with van der Waals surface area (Å²) in [4.78, 5) is 14.1. The number of ketones is 1. The van der Waals surface area contributed by atoms with Crippen molar-refractivity contribution in [3.05, 3.63) is 0 Å². The largest absolute Gasteiger partial charge is 0.377 e. The summed E-state index contributed by atoms with van der Waals surface area (Å²) in [7, 11) is 1.82. The third kappa shape index (κ3) is 2.03. The molecule has 1 heterocycles. The normalized spacial score (nSPS) is 34.8. The van der Waals surface area contributed by atoms with Crippen LogP contribution in [0.25, 0.3) is 0 Å². The van der Waals surface area contributed by atoms with Gasteiger partial charge in [0.15, 0.2) is 0 Å². The van der Waals surface area contributed by atoms with Crippen LogP contribution in [0.5, 0.6) is 0 Å². The number of ether oxygens (including phenoxy) is 1. The molecule has 0 aromatic rings. The van der Waals surface area contributed by atoms with Crippen LogP contribution in [0, 0.1) is 5.92 Å². The fourth-order valence-corrected chi connectivity index (χ4v) is 2.86. The first-order valence-corrected chi connectivity index (χ1v) is 6.40. The van der Waals surface area contributed by atoms with E-state index in [4.69, 9.17) is 4.74 Å². The fraction of sp³-hybridized carbons (Fsp3) is 0.923. The molecule has 16 heavy (non-hydrogen) atoms. The molecule has 0 aromatic carbocycles. The van der Waals surface area contributed by atoms with E-state index in [-0.39, 0.29) is 11.5 Å². The van der Waals surface area contributed by atoms with Crippen molar-refractivity contribution < 1.29 is 9.53 Å². The first-order chi connectivity index (χ1) is 7.58. The molecule has 0 aromatic heterocycles. The molecular weight excluding hydrogens is 202 g/mol. The lowest BCUT2D eigenvalue weighted by Gasteiger charge is -2.47. The number of hydrogen-bond acceptors (Lipinski definition) is 3. The van der Waals surface area contributed by atoms with E-state index < -0.39 is 0 Å². The summed E-state index contributed by atoms with van der Waals surface area (Å²) in [5, 5.41) is 0. The number of Topliss-reactive ketones (excluding diaryl/α,β-unsaturated/α-hetero) is 1. The molecule has 1 aliphatic carbocycles. The number of carbonyl (C=O) groups is 1. The van der Waals surface area contributed by atoms with Crippen LogP contribution >= 0.6 is 0 Å². The molecule has 0 N–H and O–H groups in total. The molecule has 1 saturated heterocycles. The summed E-state index contributed by atoms with van der Waals surface area (Å²) in [6.45, 7) is 6.14. The van der Waals surface area contributed by atoms with Crippen molar-refractivity contribution in [1.82, 2.24) is 4.90 Å². The summed E-state index contributed by atoms with van der Waals surface area (Å²) < 4.78 is 5.66. The van der Waals surface area contributed by atoms with Crippen molar-refractivity contribution in [3.63, 3.8) is 0 Å². The van der Waals surface area contributed by atoms with Crippen LogP contribution in [-0.2, 0) is 9.53 Å². The molecule has 3 heteroatoms. The van der Waals surface area contributed by atoms with Gasteiger partial charge in [-0.05, 0) is 26.2 Å². The Balaban J connectivity index is 1.97. The summed E-state index contributed by atoms with van der Waals surface area (Å²) in [6, 6.07) is 0.369. The molecule has 1 aliphatic heterocycles. The molecule has 0 bridgehead atoms. The van der Waals surface area contributed by atoms with Crippen LogP contribution in [0.1, 0.15) is 39.5 Å². The maximum Gasteiger partial charge on any atom is 0.138 e. The predicted octanol–water partition coefficient (Wildman–Crippen LogP) is 1.85. The zero-order valence-corrected chi connectivity index (χ0v) is 10.7. The van der Waals surface area contributed by atoms with E-state index in [0.717, 1.165) is 13.1 Å². The predicted molar refractivity (Wildman–Crippen MR) is 63.4 cm³/mol. The maximum atomic E-state index is 11.6. The SMILES string of the molecule is COC1(CN2CCC(=O)C(C)C2C)CCC1. The molecule has 0 radical (unpaired) electrons. The van der Waals surface area contributed by atoms with Crippen molar-refractivity contribution in [1.29, 1.82) is 0 Å². The average molecular weight is 225 g/mol. The molecule has 3 nitrogen and oxygen atoms in total. The van der Waals surface area contributed by atoms with Crippen LogP contribution < -0.4 is 0 Å². The first-order valence-electron chi connectivity index (χ1n) is 6.40. The Kier molecular flexibility index (Phi) is 3.36. The van der Waals surface area contributed by atoms with Gasteiger partial charge in [0.2, 0.25) is 0 Å². The Morgan fingerprint density at radius 3 is 2.62 bits per heavy atom. The molecule has 1 saturated carbocycles. The lowest BCUT2D eigenvalue weighted by atomic mass is 9.78. The van der Waals surface area contributed by atoms with Gasteiger partial charge < -0.3 is 4.74 Å². The van der Waals surface area contributed by atoms with E-state index in [1.807, 2.05) is 7.11 Å². The Hall–Kier alpha value is -0.410. The van der Waals surface area contributed by atoms with Gasteiger partial charge in [-0.3, -0.25) is 9.69 Å². The molecule has 0 amide bonds. The van der Waals surface area contributed by atoms with Gasteiger partial charge in [0, 0.05) is 38.6 Å². The smallest absolute Gasteiger partial charge is 0.138 e. The Morgan fingerprint density at radius 2 is 2.12 bits per heavy atom. The Labute approximate surface area is 98.1 Å². The lowest BCUT2D eigenvalue weighted by molar-refractivity contribution is -0.134. The zero-order chi connectivity index (χ0) is 11.8. The van der Waals surface area contributed by atoms with Crippen LogP contribution in [-0.4, -0.2) is 42.5 Å². The van der Waals surface area contributed by atoms with E-state index in [9.17, 15) is 4.79 Å². The first kappa shape index (κ1) is 12.1. The van der Waals surface area contributed by atoms with E-state index in [1.54, 1.807) is 0 Å². The van der Waals surface area contributed by atoms with Crippen molar-refractivity contribution in [2.75, 3.05) is 20.2 Å². The maximum absolute atomic E-state index is 11.6. The second-order valence-electron chi connectivity index (χ2n) is 5.46. The van der Waals surface area contributed by atoms with Crippen molar-refractivity contribution in [2.24, 2.45) is 5.92 Å². The van der Waals surface area contributed by atoms with Gasteiger partial charge >= 0.3 is 0 Å². The van der Waals surface area contributed by atoms with Gasteiger partial charge in [-0.1, -0.05) is 6.92 Å². The van der Waals surface area contributed by atoms with Crippen LogP contribution in [0.3, 0.4) is 0 Å². The highest BCUT2D eigenvalue weighted by Gasteiger charge is 2.41. The monoisotopic (exact) mass is 225 g/mol. The Bertz CT molecular complexity index is 268. The lowest BCUT2D eigenvalue weighted by Crippen LogP contribution is -2.56. The summed E-state index contributed by atoms with van der Waals surface area (Å²) in [5.41, 5.74) is 0.0916. The van der Waals surface area contributed by atoms with E-state index in [1.165, 1.54) is 19.3 Å². The number of carbonyl (C=O) groups excluding carboxylic acids is 1. The molecule has 2 atom stereocenters. The van der Waals surface area contributed by atoms with Gasteiger partial charge in [0.1, 0.15) is 5.78 Å². The molecule has 2 fully saturated rings. The second kappa shape index (κ2) is 4.46. The van der Waals surface area contributed by atoms with E-state index in [0.29, 0.717) is 18.2 Å².